The van der Waals surface area contributed by atoms with Crippen LogP contribution < -0.4 is 10.6 Å². The van der Waals surface area contributed by atoms with Crippen LogP contribution in [-0.2, 0) is 6.54 Å². The first-order chi connectivity index (χ1) is 9.43. The van der Waals surface area contributed by atoms with Crippen LogP contribution >= 0.6 is 0 Å². The van der Waals surface area contributed by atoms with Crippen LogP contribution in [-0.4, -0.2) is 28.9 Å². The molecule has 1 aliphatic heterocycles. The number of hydrogen-bond donors (Lipinski definition) is 2. The Hall–Kier alpha value is -1.65. The largest absolute Gasteiger partial charge is 0.317 e. The van der Waals surface area contributed by atoms with Crippen LogP contribution in [0.5, 0.6) is 0 Å². The Morgan fingerprint density at radius 1 is 1.21 bits per heavy atom. The van der Waals surface area contributed by atoms with Gasteiger partial charge < -0.3 is 10.6 Å². The summed E-state index contributed by atoms with van der Waals surface area (Å²) < 4.78 is 1.93. The van der Waals surface area contributed by atoms with E-state index in [2.05, 4.69) is 40.0 Å². The summed E-state index contributed by atoms with van der Waals surface area (Å²) in [6.07, 6.45) is 6.23. The van der Waals surface area contributed by atoms with Crippen LogP contribution in [0.2, 0.25) is 0 Å². The summed E-state index contributed by atoms with van der Waals surface area (Å²) in [5.74, 6) is 0. The van der Waals surface area contributed by atoms with Crippen molar-refractivity contribution in [2.45, 2.75) is 25.4 Å². The van der Waals surface area contributed by atoms with Crippen molar-refractivity contribution in [3.63, 3.8) is 0 Å². The minimum Gasteiger partial charge on any atom is -0.317 e. The highest BCUT2D eigenvalue weighted by molar-refractivity contribution is 5.40. The van der Waals surface area contributed by atoms with E-state index in [0.29, 0.717) is 6.04 Å². The second-order valence-electron chi connectivity index (χ2n) is 4.98. The first kappa shape index (κ1) is 12.4. The molecule has 0 saturated carbocycles. The molecule has 1 fully saturated rings. The van der Waals surface area contributed by atoms with Crippen LogP contribution in [0.3, 0.4) is 0 Å². The third kappa shape index (κ3) is 3.03. The average Bonchev–Trinajstić information content (AvgIpc) is 3.01. The summed E-state index contributed by atoms with van der Waals surface area (Å²) in [4.78, 5) is 0. The van der Waals surface area contributed by atoms with Gasteiger partial charge in [0.1, 0.15) is 0 Å². The van der Waals surface area contributed by atoms with E-state index in [1.54, 1.807) is 0 Å². The third-order valence-corrected chi connectivity index (χ3v) is 3.66. The zero-order valence-corrected chi connectivity index (χ0v) is 11.0. The molecule has 100 valence electrons. The molecule has 1 aromatic heterocycles. The normalized spacial score (nSPS) is 16.6. The Bertz CT molecular complexity index is 501. The predicted octanol–water partition coefficient (Wildman–Crippen LogP) is 1.71. The molecule has 0 amide bonds. The maximum Gasteiger partial charge on any atom is 0.0690 e. The van der Waals surface area contributed by atoms with Gasteiger partial charge in [0.15, 0.2) is 0 Å². The molecule has 2 heterocycles. The van der Waals surface area contributed by atoms with Crippen LogP contribution in [0.4, 0.5) is 0 Å². The lowest BCUT2D eigenvalue weighted by Gasteiger charge is -2.24. The molecule has 0 aliphatic carbocycles. The van der Waals surface area contributed by atoms with Gasteiger partial charge in [0.05, 0.1) is 5.69 Å². The summed E-state index contributed by atoms with van der Waals surface area (Å²) in [5.41, 5.74) is 2.46. The SMILES string of the molecule is c1ccc(-n2cccn2)c(CNC2CCNCC2)c1. The molecular weight excluding hydrogens is 236 g/mol. The molecule has 3 rings (SSSR count). The molecule has 1 aliphatic rings. The van der Waals surface area contributed by atoms with Crippen LogP contribution in [0.25, 0.3) is 5.69 Å². The van der Waals surface area contributed by atoms with Crippen molar-refractivity contribution < 1.29 is 0 Å². The highest BCUT2D eigenvalue weighted by atomic mass is 15.3. The molecular formula is C15H20N4. The Kier molecular flexibility index (Phi) is 3.91. The summed E-state index contributed by atoms with van der Waals surface area (Å²) in [6, 6.07) is 11.0. The van der Waals surface area contributed by atoms with E-state index in [1.807, 2.05) is 23.1 Å². The summed E-state index contributed by atoms with van der Waals surface area (Å²) in [5, 5.41) is 11.4. The van der Waals surface area contributed by atoms with Crippen LogP contribution in [0.15, 0.2) is 42.7 Å². The fourth-order valence-electron chi connectivity index (χ4n) is 2.58. The number of para-hydroxylation sites is 1. The van der Waals surface area contributed by atoms with Crippen LogP contribution in [0.1, 0.15) is 18.4 Å². The van der Waals surface area contributed by atoms with Gasteiger partial charge in [0.2, 0.25) is 0 Å². The Balaban J connectivity index is 1.70. The Labute approximate surface area is 113 Å². The molecule has 0 radical (unpaired) electrons. The maximum atomic E-state index is 4.32. The number of nitrogens with one attached hydrogen (secondary N) is 2. The fraction of sp³-hybridized carbons (Fsp3) is 0.400. The molecule has 0 atom stereocenters. The molecule has 4 heteroatoms. The van der Waals surface area contributed by atoms with Gasteiger partial charge in [-0.05, 0) is 43.6 Å². The van der Waals surface area contributed by atoms with E-state index in [0.717, 1.165) is 25.3 Å². The van der Waals surface area contributed by atoms with Crippen molar-refractivity contribution in [3.8, 4) is 5.69 Å². The fourth-order valence-corrected chi connectivity index (χ4v) is 2.58. The molecule has 0 spiro atoms. The third-order valence-electron chi connectivity index (χ3n) is 3.66. The number of piperidine rings is 1. The molecule has 1 aromatic carbocycles. The van der Waals surface area contributed by atoms with Gasteiger partial charge >= 0.3 is 0 Å². The van der Waals surface area contributed by atoms with Crippen molar-refractivity contribution in [2.75, 3.05) is 13.1 Å². The Morgan fingerprint density at radius 3 is 2.84 bits per heavy atom. The van der Waals surface area contributed by atoms with E-state index < -0.39 is 0 Å². The summed E-state index contributed by atoms with van der Waals surface area (Å²) in [6.45, 7) is 3.15. The lowest BCUT2D eigenvalue weighted by molar-refractivity contribution is 0.386. The first-order valence-corrected chi connectivity index (χ1v) is 6.95. The molecule has 19 heavy (non-hydrogen) atoms. The molecule has 2 aromatic rings. The van der Waals surface area contributed by atoms with Crippen molar-refractivity contribution in [1.29, 1.82) is 0 Å². The number of aromatic nitrogens is 2. The van der Waals surface area contributed by atoms with E-state index in [4.69, 9.17) is 0 Å². The van der Waals surface area contributed by atoms with Gasteiger partial charge in [0, 0.05) is 25.0 Å². The smallest absolute Gasteiger partial charge is 0.0690 e. The average molecular weight is 256 g/mol. The molecule has 1 saturated heterocycles. The predicted molar refractivity (Wildman–Crippen MR) is 76.3 cm³/mol. The standard InChI is InChI=1S/C15H20N4/c1-2-5-15(19-11-3-8-18-19)13(4-1)12-17-14-6-9-16-10-7-14/h1-5,8,11,14,16-17H,6-7,9-10,12H2. The summed E-state index contributed by atoms with van der Waals surface area (Å²) >= 11 is 0. The van der Waals surface area contributed by atoms with Crippen LogP contribution in [0, 0.1) is 0 Å². The number of nitrogens with zero attached hydrogens (tertiary/aromatic N) is 2. The maximum absolute atomic E-state index is 4.32. The van der Waals surface area contributed by atoms with E-state index in [-0.39, 0.29) is 0 Å². The number of rotatable bonds is 4. The van der Waals surface area contributed by atoms with Gasteiger partial charge in [-0.3, -0.25) is 0 Å². The van der Waals surface area contributed by atoms with Gasteiger partial charge in [-0.2, -0.15) is 5.10 Å². The number of hydrogen-bond acceptors (Lipinski definition) is 3. The first-order valence-electron chi connectivity index (χ1n) is 6.95. The highest BCUT2D eigenvalue weighted by Gasteiger charge is 2.13. The van der Waals surface area contributed by atoms with Crippen molar-refractivity contribution in [3.05, 3.63) is 48.3 Å². The van der Waals surface area contributed by atoms with E-state index in [9.17, 15) is 0 Å². The lowest BCUT2D eigenvalue weighted by Crippen LogP contribution is -2.39. The molecule has 0 bridgehead atoms. The monoisotopic (exact) mass is 256 g/mol. The quantitative estimate of drug-likeness (QED) is 0.875. The van der Waals surface area contributed by atoms with Gasteiger partial charge in [-0.1, -0.05) is 18.2 Å². The van der Waals surface area contributed by atoms with Gasteiger partial charge in [-0.25, -0.2) is 4.68 Å². The molecule has 0 unspecified atom stereocenters. The second kappa shape index (κ2) is 5.99. The van der Waals surface area contributed by atoms with Crippen molar-refractivity contribution in [2.24, 2.45) is 0 Å². The molecule has 2 N–H and O–H groups in total. The zero-order valence-electron chi connectivity index (χ0n) is 11.0. The Morgan fingerprint density at radius 2 is 2.05 bits per heavy atom. The van der Waals surface area contributed by atoms with Crippen molar-refractivity contribution in [1.82, 2.24) is 20.4 Å². The minimum absolute atomic E-state index is 0.631. The zero-order chi connectivity index (χ0) is 12.9. The lowest BCUT2D eigenvalue weighted by atomic mass is 10.1. The molecule has 4 nitrogen and oxygen atoms in total. The van der Waals surface area contributed by atoms with Gasteiger partial charge in [0.25, 0.3) is 0 Å². The topological polar surface area (TPSA) is 41.9 Å². The van der Waals surface area contributed by atoms with Crippen molar-refractivity contribution >= 4 is 0 Å². The second-order valence-corrected chi connectivity index (χ2v) is 4.98. The summed E-state index contributed by atoms with van der Waals surface area (Å²) in [7, 11) is 0. The van der Waals surface area contributed by atoms with E-state index in [1.165, 1.54) is 18.4 Å². The van der Waals surface area contributed by atoms with Gasteiger partial charge in [-0.15, -0.1) is 0 Å². The number of benzene rings is 1. The highest BCUT2D eigenvalue weighted by Crippen LogP contribution is 2.14. The minimum atomic E-state index is 0.631. The van der Waals surface area contributed by atoms with E-state index >= 15 is 0 Å².